The van der Waals surface area contributed by atoms with E-state index in [1.165, 1.54) is 25.7 Å². The zero-order valence-electron chi connectivity index (χ0n) is 11.2. The molecule has 3 rings (SSSR count). The number of hydrogen-bond acceptors (Lipinski definition) is 3. The summed E-state index contributed by atoms with van der Waals surface area (Å²) < 4.78 is 0. The quantitative estimate of drug-likeness (QED) is 0.807. The van der Waals surface area contributed by atoms with Crippen molar-refractivity contribution in [3.05, 3.63) is 0 Å². The second-order valence-electron chi connectivity index (χ2n) is 6.32. The molecule has 0 saturated carbocycles. The van der Waals surface area contributed by atoms with Gasteiger partial charge in [0.05, 0.1) is 5.92 Å². The first-order chi connectivity index (χ1) is 8.65. The first-order valence-corrected chi connectivity index (χ1v) is 7.34. The average Bonchev–Trinajstić information content (AvgIpc) is 2.62. The van der Waals surface area contributed by atoms with Crippen molar-refractivity contribution in [2.75, 3.05) is 20.1 Å². The second kappa shape index (κ2) is 4.82. The van der Waals surface area contributed by atoms with E-state index in [0.29, 0.717) is 6.04 Å². The van der Waals surface area contributed by atoms with Gasteiger partial charge in [0.1, 0.15) is 0 Å². The minimum Gasteiger partial charge on any atom is -0.481 e. The highest BCUT2D eigenvalue weighted by Crippen LogP contribution is 2.37. The number of hydrogen-bond donors (Lipinski definition) is 1. The molecule has 2 bridgehead atoms. The zero-order chi connectivity index (χ0) is 12.7. The Hall–Kier alpha value is -0.610. The molecule has 18 heavy (non-hydrogen) atoms. The summed E-state index contributed by atoms with van der Waals surface area (Å²) in [5.74, 6) is -0.692. The molecule has 102 valence electrons. The summed E-state index contributed by atoms with van der Waals surface area (Å²) in [5.41, 5.74) is 0. The van der Waals surface area contributed by atoms with E-state index in [-0.39, 0.29) is 5.92 Å². The minimum atomic E-state index is -0.599. The Bertz CT molecular complexity index is 312. The highest BCUT2D eigenvalue weighted by Gasteiger charge is 2.41. The van der Waals surface area contributed by atoms with Crippen LogP contribution in [0.25, 0.3) is 0 Å². The molecule has 0 amide bonds. The summed E-state index contributed by atoms with van der Waals surface area (Å²) in [5, 5.41) is 9.04. The molecule has 2 unspecified atom stereocenters. The van der Waals surface area contributed by atoms with Gasteiger partial charge in [-0.1, -0.05) is 0 Å². The molecule has 4 heteroatoms. The van der Waals surface area contributed by atoms with Crippen LogP contribution in [0, 0.1) is 5.92 Å². The number of carboxylic acids is 1. The lowest BCUT2D eigenvalue weighted by Gasteiger charge is -2.43. The number of nitrogens with zero attached hydrogens (tertiary/aromatic N) is 2. The Morgan fingerprint density at radius 3 is 2.06 bits per heavy atom. The van der Waals surface area contributed by atoms with Gasteiger partial charge in [0.25, 0.3) is 0 Å². The topological polar surface area (TPSA) is 43.8 Å². The summed E-state index contributed by atoms with van der Waals surface area (Å²) >= 11 is 0. The molecule has 1 N–H and O–H groups in total. The second-order valence-corrected chi connectivity index (χ2v) is 6.32. The molecule has 2 atom stereocenters. The maximum atomic E-state index is 11.0. The Morgan fingerprint density at radius 2 is 1.56 bits per heavy atom. The van der Waals surface area contributed by atoms with Crippen LogP contribution in [-0.4, -0.2) is 59.1 Å². The van der Waals surface area contributed by atoms with E-state index in [4.69, 9.17) is 5.11 Å². The summed E-state index contributed by atoms with van der Waals surface area (Å²) in [7, 11) is 2.27. The van der Waals surface area contributed by atoms with Crippen molar-refractivity contribution >= 4 is 5.97 Å². The fourth-order valence-corrected chi connectivity index (χ4v) is 4.19. The van der Waals surface area contributed by atoms with Crippen molar-refractivity contribution < 1.29 is 9.90 Å². The van der Waals surface area contributed by atoms with Crippen LogP contribution in [0.4, 0.5) is 0 Å². The van der Waals surface area contributed by atoms with Crippen LogP contribution in [0.5, 0.6) is 0 Å². The van der Waals surface area contributed by atoms with E-state index >= 15 is 0 Å². The summed E-state index contributed by atoms with van der Waals surface area (Å²) in [6.07, 6.45) is 7.01. The number of likely N-dealkylation sites (tertiary alicyclic amines) is 1. The van der Waals surface area contributed by atoms with Crippen LogP contribution < -0.4 is 0 Å². The molecule has 3 fully saturated rings. The smallest absolute Gasteiger partial charge is 0.306 e. The van der Waals surface area contributed by atoms with Crippen molar-refractivity contribution in [2.24, 2.45) is 5.92 Å². The number of piperidine rings is 2. The Kier molecular flexibility index (Phi) is 3.32. The molecule has 0 aromatic rings. The van der Waals surface area contributed by atoms with Crippen molar-refractivity contribution in [2.45, 2.75) is 56.7 Å². The SMILES string of the molecule is CN1C2CCC1CC(N1CCC(C(=O)O)CC1)C2. The lowest BCUT2D eigenvalue weighted by atomic mass is 9.91. The number of rotatable bonds is 2. The van der Waals surface area contributed by atoms with E-state index in [1.54, 1.807) is 0 Å². The Labute approximate surface area is 109 Å². The zero-order valence-corrected chi connectivity index (χ0v) is 11.2. The van der Waals surface area contributed by atoms with Crippen molar-refractivity contribution in [3.63, 3.8) is 0 Å². The lowest BCUT2D eigenvalue weighted by Crippen LogP contribution is -2.51. The van der Waals surface area contributed by atoms with Gasteiger partial charge in [-0.15, -0.1) is 0 Å². The molecular formula is C14H24N2O2. The van der Waals surface area contributed by atoms with E-state index in [2.05, 4.69) is 16.8 Å². The van der Waals surface area contributed by atoms with Gasteiger partial charge in [-0.05, 0) is 58.7 Å². The molecule has 3 saturated heterocycles. The maximum absolute atomic E-state index is 11.0. The van der Waals surface area contributed by atoms with Gasteiger partial charge in [-0.2, -0.15) is 0 Å². The van der Waals surface area contributed by atoms with Gasteiger partial charge >= 0.3 is 5.97 Å². The molecule has 0 aromatic heterocycles. The van der Waals surface area contributed by atoms with Crippen LogP contribution in [0.15, 0.2) is 0 Å². The molecule has 0 radical (unpaired) electrons. The number of fused-ring (bicyclic) bond motifs is 2. The Morgan fingerprint density at radius 1 is 1.00 bits per heavy atom. The summed E-state index contributed by atoms with van der Waals surface area (Å²) in [4.78, 5) is 16.1. The number of carboxylic acid groups (broad SMARTS) is 1. The van der Waals surface area contributed by atoms with Gasteiger partial charge in [0.2, 0.25) is 0 Å². The molecule has 4 nitrogen and oxygen atoms in total. The van der Waals surface area contributed by atoms with Gasteiger partial charge in [0, 0.05) is 18.1 Å². The molecule has 3 aliphatic heterocycles. The first kappa shape index (κ1) is 12.4. The number of carbonyl (C=O) groups is 1. The highest BCUT2D eigenvalue weighted by atomic mass is 16.4. The molecule has 3 heterocycles. The summed E-state index contributed by atoms with van der Waals surface area (Å²) in [6, 6.07) is 2.28. The largest absolute Gasteiger partial charge is 0.481 e. The standard InChI is InChI=1S/C14H24N2O2/c1-15-11-2-3-12(15)9-13(8-11)16-6-4-10(5-7-16)14(17)18/h10-13H,2-9H2,1H3,(H,17,18). The average molecular weight is 252 g/mol. The van der Waals surface area contributed by atoms with E-state index < -0.39 is 5.97 Å². The third-order valence-electron chi connectivity index (χ3n) is 5.47. The lowest BCUT2D eigenvalue weighted by molar-refractivity contribution is -0.143. The minimum absolute atomic E-state index is 0.0933. The van der Waals surface area contributed by atoms with E-state index in [9.17, 15) is 4.79 Å². The van der Waals surface area contributed by atoms with Crippen LogP contribution in [0.2, 0.25) is 0 Å². The van der Waals surface area contributed by atoms with E-state index in [1.807, 2.05) is 0 Å². The van der Waals surface area contributed by atoms with Gasteiger partial charge < -0.3 is 14.9 Å². The fraction of sp³-hybridized carbons (Fsp3) is 0.929. The monoisotopic (exact) mass is 252 g/mol. The van der Waals surface area contributed by atoms with Crippen molar-refractivity contribution in [1.29, 1.82) is 0 Å². The van der Waals surface area contributed by atoms with Gasteiger partial charge in [-0.25, -0.2) is 0 Å². The van der Waals surface area contributed by atoms with Crippen molar-refractivity contribution in [1.82, 2.24) is 9.80 Å². The predicted octanol–water partition coefficient (Wildman–Crippen LogP) is 1.41. The van der Waals surface area contributed by atoms with Gasteiger partial charge in [-0.3, -0.25) is 4.79 Å². The Balaban J connectivity index is 1.56. The third kappa shape index (κ3) is 2.16. The fourth-order valence-electron chi connectivity index (χ4n) is 4.19. The highest BCUT2D eigenvalue weighted by molar-refractivity contribution is 5.70. The van der Waals surface area contributed by atoms with Crippen LogP contribution >= 0.6 is 0 Å². The molecule has 0 aromatic carbocycles. The first-order valence-electron chi connectivity index (χ1n) is 7.34. The normalized spacial score (nSPS) is 39.1. The molecular weight excluding hydrogens is 228 g/mol. The van der Waals surface area contributed by atoms with Crippen LogP contribution in [-0.2, 0) is 4.79 Å². The summed E-state index contributed by atoms with van der Waals surface area (Å²) in [6.45, 7) is 1.98. The maximum Gasteiger partial charge on any atom is 0.306 e. The van der Waals surface area contributed by atoms with Gasteiger partial charge in [0.15, 0.2) is 0 Å². The molecule has 3 aliphatic rings. The third-order valence-corrected chi connectivity index (χ3v) is 5.47. The van der Waals surface area contributed by atoms with Crippen LogP contribution in [0.1, 0.15) is 38.5 Å². The van der Waals surface area contributed by atoms with E-state index in [0.717, 1.165) is 38.0 Å². The van der Waals surface area contributed by atoms with Crippen LogP contribution in [0.3, 0.4) is 0 Å². The molecule has 0 spiro atoms. The molecule has 0 aliphatic carbocycles. The van der Waals surface area contributed by atoms with Crippen molar-refractivity contribution in [3.8, 4) is 0 Å². The predicted molar refractivity (Wildman–Crippen MR) is 69.5 cm³/mol. The number of aliphatic carboxylic acids is 1.